The van der Waals surface area contributed by atoms with Gasteiger partial charge in [-0.3, -0.25) is 53.4 Å². The number of carbonyl (C=O) groups is 6. The molecule has 184 valence electrons. The van der Waals surface area contributed by atoms with Gasteiger partial charge in [0.15, 0.2) is 0 Å². The Kier molecular flexibility index (Phi) is 5.65. The van der Waals surface area contributed by atoms with Crippen molar-refractivity contribution in [3.63, 3.8) is 0 Å². The third-order valence-electron chi connectivity index (χ3n) is 6.15. The summed E-state index contributed by atoms with van der Waals surface area (Å²) >= 11 is 0. The Bertz CT molecular complexity index is 972. The molecule has 0 aromatic rings. The maximum Gasteiger partial charge on any atom is 0.377 e. The highest BCUT2D eigenvalue weighted by molar-refractivity contribution is 6.36. The zero-order chi connectivity index (χ0) is 25.0. The molecule has 4 fully saturated rings. The fourth-order valence-corrected chi connectivity index (χ4v) is 4.09. The molecule has 0 radical (unpaired) electrons. The average molecular weight is 480 g/mol. The van der Waals surface area contributed by atoms with Gasteiger partial charge in [-0.05, 0) is 0 Å². The number of morpholine rings is 1. The van der Waals surface area contributed by atoms with Crippen molar-refractivity contribution in [2.45, 2.75) is 11.4 Å². The van der Waals surface area contributed by atoms with Crippen molar-refractivity contribution in [2.75, 3.05) is 67.6 Å². The van der Waals surface area contributed by atoms with Crippen molar-refractivity contribution in [3.05, 3.63) is 0 Å². The molecular weight excluding hydrogens is 456 g/mol. The second-order valence-corrected chi connectivity index (χ2v) is 8.16. The van der Waals surface area contributed by atoms with Crippen molar-refractivity contribution in [3.8, 4) is 0 Å². The van der Waals surface area contributed by atoms with Crippen LogP contribution >= 0.6 is 0 Å². The summed E-state index contributed by atoms with van der Waals surface area (Å²) in [4.78, 5) is 85.8. The molecular formula is C19H24N6O9. The van der Waals surface area contributed by atoms with Crippen LogP contribution in [0.2, 0.25) is 0 Å². The first-order valence-electron chi connectivity index (χ1n) is 10.4. The third-order valence-corrected chi connectivity index (χ3v) is 6.15. The number of hydrogen-bond donors (Lipinski definition) is 0. The van der Waals surface area contributed by atoms with E-state index in [0.717, 1.165) is 28.2 Å². The number of hydrogen-bond acceptors (Lipinski definition) is 11. The van der Waals surface area contributed by atoms with Gasteiger partial charge in [0.2, 0.25) is 5.90 Å². The molecule has 4 saturated heterocycles. The van der Waals surface area contributed by atoms with E-state index in [4.69, 9.17) is 14.2 Å². The molecule has 0 aromatic carbocycles. The molecule has 0 aromatic heterocycles. The molecule has 4 heterocycles. The predicted molar refractivity (Wildman–Crippen MR) is 109 cm³/mol. The fraction of sp³-hybridized carbons (Fsp3) is 0.632. The summed E-state index contributed by atoms with van der Waals surface area (Å²) in [6.45, 7) is 2.77. The zero-order valence-corrected chi connectivity index (χ0v) is 19.1. The normalized spacial score (nSPS) is 26.5. The van der Waals surface area contributed by atoms with Gasteiger partial charge in [-0.2, -0.15) is 0 Å². The van der Waals surface area contributed by atoms with Crippen LogP contribution < -0.4 is 0 Å². The van der Waals surface area contributed by atoms with Crippen LogP contribution in [0.25, 0.3) is 0 Å². The molecule has 0 atom stereocenters. The van der Waals surface area contributed by atoms with Gasteiger partial charge in [0.25, 0.3) is 11.8 Å². The molecule has 2 spiro atoms. The molecule has 4 aliphatic heterocycles. The highest BCUT2D eigenvalue weighted by Crippen LogP contribution is 2.42. The summed E-state index contributed by atoms with van der Waals surface area (Å²) in [5.41, 5.74) is -2.70. The molecule has 34 heavy (non-hydrogen) atoms. The number of barbiturate groups is 2. The van der Waals surface area contributed by atoms with E-state index in [9.17, 15) is 28.8 Å². The molecule has 0 N–H and O–H groups in total. The van der Waals surface area contributed by atoms with Crippen LogP contribution in [0.1, 0.15) is 0 Å². The Morgan fingerprint density at radius 2 is 1.24 bits per heavy atom. The van der Waals surface area contributed by atoms with Gasteiger partial charge in [-0.1, -0.05) is 0 Å². The Hall–Kier alpha value is -3.43. The van der Waals surface area contributed by atoms with Gasteiger partial charge in [0.05, 0.1) is 19.8 Å². The highest BCUT2D eigenvalue weighted by atomic mass is 16.8. The second kappa shape index (κ2) is 8.11. The van der Waals surface area contributed by atoms with Gasteiger partial charge < -0.3 is 9.47 Å². The predicted octanol–water partition coefficient (Wildman–Crippen LogP) is -2.70. The van der Waals surface area contributed by atoms with Crippen LogP contribution in [0, 0.1) is 0 Å². The van der Waals surface area contributed by atoms with E-state index in [0.29, 0.717) is 52.4 Å². The lowest BCUT2D eigenvalue weighted by Crippen LogP contribution is -2.72. The number of rotatable bonds is 3. The topological polar surface area (TPSA) is 159 Å². The highest BCUT2D eigenvalue weighted by Gasteiger charge is 2.77. The summed E-state index contributed by atoms with van der Waals surface area (Å²) in [5.74, 6) is -8.30. The van der Waals surface area contributed by atoms with Crippen molar-refractivity contribution in [1.82, 2.24) is 24.5 Å². The van der Waals surface area contributed by atoms with Crippen LogP contribution in [0.5, 0.6) is 0 Å². The van der Waals surface area contributed by atoms with Gasteiger partial charge in [-0.25, -0.2) is 9.59 Å². The van der Waals surface area contributed by atoms with Crippen molar-refractivity contribution >= 4 is 41.6 Å². The molecule has 8 amide bonds. The number of amides is 8. The SMILES string of the molecule is CN1C(=O)N(C)C(=O)C2(OC(=NCCN3CCOCC3)C3(O2)C(=O)N(C)C(=O)N(C)C3=O)C1=O. The van der Waals surface area contributed by atoms with E-state index in [1.54, 1.807) is 0 Å². The third kappa shape index (κ3) is 3.11. The van der Waals surface area contributed by atoms with Gasteiger partial charge in [0, 0.05) is 47.8 Å². The Balaban J connectivity index is 1.78. The van der Waals surface area contributed by atoms with Crippen molar-refractivity contribution in [2.24, 2.45) is 4.99 Å². The molecule has 0 bridgehead atoms. The summed E-state index contributed by atoms with van der Waals surface area (Å²) in [6.07, 6.45) is 0. The Morgan fingerprint density at radius 1 is 0.765 bits per heavy atom. The molecule has 4 aliphatic rings. The quantitative estimate of drug-likeness (QED) is 0.389. The maximum absolute atomic E-state index is 13.3. The molecule has 15 heteroatoms. The van der Waals surface area contributed by atoms with Crippen LogP contribution in [0.15, 0.2) is 4.99 Å². The van der Waals surface area contributed by atoms with E-state index in [2.05, 4.69) is 4.99 Å². The lowest BCUT2D eigenvalue weighted by molar-refractivity contribution is -0.216. The second-order valence-electron chi connectivity index (χ2n) is 8.16. The van der Waals surface area contributed by atoms with E-state index in [-0.39, 0.29) is 6.54 Å². The number of imide groups is 4. The minimum Gasteiger partial charge on any atom is -0.428 e. The average Bonchev–Trinajstić information content (AvgIpc) is 3.20. The molecule has 0 saturated carbocycles. The minimum atomic E-state index is -2.84. The first kappa shape index (κ1) is 23.7. The smallest absolute Gasteiger partial charge is 0.377 e. The largest absolute Gasteiger partial charge is 0.428 e. The first-order valence-corrected chi connectivity index (χ1v) is 10.4. The van der Waals surface area contributed by atoms with Crippen LogP contribution in [-0.4, -0.2) is 145 Å². The van der Waals surface area contributed by atoms with E-state index < -0.39 is 53.0 Å². The van der Waals surface area contributed by atoms with Gasteiger partial charge >= 0.3 is 35.3 Å². The molecule has 0 aliphatic carbocycles. The standard InChI is InChI=1S/C19H24N6O9/c1-21-12(26)18(13(27)22(2)16(21)30)11(20-5-6-25-7-9-32-10-8-25)33-19(34-18)14(28)23(3)17(31)24(4)15(19)29/h5-10H2,1-4H3. The summed E-state index contributed by atoms with van der Waals surface area (Å²) in [6, 6.07) is -1.89. The lowest BCUT2D eigenvalue weighted by Gasteiger charge is -2.39. The number of carbonyl (C=O) groups excluding carboxylic acids is 6. The number of ether oxygens (including phenoxy) is 3. The maximum atomic E-state index is 13.3. The molecule has 15 nitrogen and oxygen atoms in total. The summed E-state index contributed by atoms with van der Waals surface area (Å²) < 4.78 is 16.5. The number of nitrogens with zero attached hydrogens (tertiary/aromatic N) is 6. The number of aliphatic imine (C=N–C) groups is 1. The fourth-order valence-electron chi connectivity index (χ4n) is 4.09. The Labute approximate surface area is 193 Å². The van der Waals surface area contributed by atoms with Crippen LogP contribution in [0.4, 0.5) is 9.59 Å². The molecule has 4 rings (SSSR count). The number of likely N-dealkylation sites (N-methyl/N-ethyl adjacent to an activating group) is 4. The van der Waals surface area contributed by atoms with E-state index >= 15 is 0 Å². The zero-order valence-electron chi connectivity index (χ0n) is 19.1. The van der Waals surface area contributed by atoms with Crippen LogP contribution in [0.3, 0.4) is 0 Å². The Morgan fingerprint density at radius 3 is 1.74 bits per heavy atom. The summed E-state index contributed by atoms with van der Waals surface area (Å²) in [7, 11) is 4.41. The van der Waals surface area contributed by atoms with E-state index in [1.165, 1.54) is 0 Å². The molecule has 0 unspecified atom stereocenters. The van der Waals surface area contributed by atoms with Crippen molar-refractivity contribution < 1.29 is 43.0 Å². The van der Waals surface area contributed by atoms with Crippen molar-refractivity contribution in [1.29, 1.82) is 0 Å². The first-order chi connectivity index (χ1) is 16.0. The summed E-state index contributed by atoms with van der Waals surface area (Å²) in [5, 5.41) is 0. The van der Waals surface area contributed by atoms with Gasteiger partial charge in [-0.15, -0.1) is 0 Å². The lowest BCUT2D eigenvalue weighted by atomic mass is 9.97. The number of urea groups is 2. The van der Waals surface area contributed by atoms with Crippen LogP contribution in [-0.2, 0) is 33.4 Å². The van der Waals surface area contributed by atoms with Gasteiger partial charge in [0.1, 0.15) is 0 Å². The monoisotopic (exact) mass is 480 g/mol. The van der Waals surface area contributed by atoms with E-state index in [1.807, 2.05) is 4.90 Å². The minimum absolute atomic E-state index is 0.0193.